The van der Waals surface area contributed by atoms with E-state index in [-0.39, 0.29) is 41.0 Å². The highest BCUT2D eigenvalue weighted by atomic mass is 16.5. The highest BCUT2D eigenvalue weighted by Crippen LogP contribution is 2.68. The first-order valence-corrected chi connectivity index (χ1v) is 15.7. The summed E-state index contributed by atoms with van der Waals surface area (Å²) in [4.78, 5) is 12.7. The van der Waals surface area contributed by atoms with E-state index in [0.717, 1.165) is 38.5 Å². The zero-order chi connectivity index (χ0) is 27.2. The van der Waals surface area contributed by atoms with Crippen molar-refractivity contribution in [1.82, 2.24) is 0 Å². The van der Waals surface area contributed by atoms with Gasteiger partial charge < -0.3 is 14.9 Å². The Bertz CT molecular complexity index is 960. The summed E-state index contributed by atoms with van der Waals surface area (Å²) in [5.41, 5.74) is 1.19. The van der Waals surface area contributed by atoms with Crippen molar-refractivity contribution < 1.29 is 19.7 Å². The highest BCUT2D eigenvalue weighted by molar-refractivity contribution is 5.89. The third-order valence-corrected chi connectivity index (χ3v) is 12.3. The molecule has 2 N–H and O–H groups in total. The van der Waals surface area contributed by atoms with Crippen molar-refractivity contribution in [1.29, 1.82) is 0 Å². The van der Waals surface area contributed by atoms with Gasteiger partial charge in [0.05, 0.1) is 17.8 Å². The standard InChI is InChI=1S/C34H52O4/c1-21(2)30(38-32(37)23-9-7-6-8-10-23)14-11-22(3)26-12-13-27-31-28(16-18-34(26,27)5)33(4)17-15-25(35)19-24(33)20-29(31)36/h6-10,21-22,24-31,35-36H,11-20H2,1-5H3/t22-,24-,25+,26-,27+,28+,29-,30-,31+,33+,34-/m1/s1. The minimum absolute atomic E-state index is 0.0652. The SMILES string of the molecule is CC(C)[C@@H](CC[C@@H](C)[C@H]1CC[C@H]2[C@@H]3[C@H](O)C[C@H]4C[C@@H](O)CC[C@]4(C)[C@H]3CC[C@]12C)OC(=O)c1ccccc1. The first kappa shape index (κ1) is 28.1. The molecule has 0 unspecified atom stereocenters. The predicted molar refractivity (Wildman–Crippen MR) is 151 cm³/mol. The Morgan fingerprint density at radius 3 is 2.32 bits per heavy atom. The molecule has 11 atom stereocenters. The number of fused-ring (bicyclic) bond motifs is 5. The van der Waals surface area contributed by atoms with E-state index in [1.54, 1.807) is 0 Å². The normalized spacial score (nSPS) is 42.1. The van der Waals surface area contributed by atoms with Crippen molar-refractivity contribution in [3.8, 4) is 0 Å². The lowest BCUT2D eigenvalue weighted by Gasteiger charge is -2.62. The molecular weight excluding hydrogens is 472 g/mol. The van der Waals surface area contributed by atoms with E-state index in [1.165, 1.54) is 25.7 Å². The van der Waals surface area contributed by atoms with Crippen molar-refractivity contribution in [3.63, 3.8) is 0 Å². The van der Waals surface area contributed by atoms with Crippen LogP contribution < -0.4 is 0 Å². The molecule has 5 rings (SSSR count). The first-order valence-electron chi connectivity index (χ1n) is 15.7. The van der Waals surface area contributed by atoms with Crippen LogP contribution in [0, 0.1) is 52.3 Å². The van der Waals surface area contributed by atoms with Gasteiger partial charge in [0, 0.05) is 0 Å². The average molecular weight is 525 g/mol. The molecule has 1 aromatic rings. The Labute approximate surface area is 230 Å². The van der Waals surface area contributed by atoms with Gasteiger partial charge in [0.2, 0.25) is 0 Å². The Balaban J connectivity index is 1.25. The van der Waals surface area contributed by atoms with Gasteiger partial charge >= 0.3 is 5.97 Å². The van der Waals surface area contributed by atoms with Gasteiger partial charge in [-0.25, -0.2) is 4.79 Å². The van der Waals surface area contributed by atoms with Gasteiger partial charge in [-0.3, -0.25) is 0 Å². The zero-order valence-corrected chi connectivity index (χ0v) is 24.4. The lowest BCUT2D eigenvalue weighted by Crippen LogP contribution is -2.58. The van der Waals surface area contributed by atoms with Gasteiger partial charge in [-0.2, -0.15) is 0 Å². The topological polar surface area (TPSA) is 66.8 Å². The van der Waals surface area contributed by atoms with Crippen LogP contribution in [0.1, 0.15) is 109 Å². The molecular formula is C34H52O4. The van der Waals surface area contributed by atoms with Crippen molar-refractivity contribution >= 4 is 5.97 Å². The molecule has 0 saturated heterocycles. The third-order valence-electron chi connectivity index (χ3n) is 12.3. The van der Waals surface area contributed by atoms with Crippen LogP contribution in [0.25, 0.3) is 0 Å². The molecule has 4 fully saturated rings. The smallest absolute Gasteiger partial charge is 0.338 e. The monoisotopic (exact) mass is 524 g/mol. The number of carbonyl (C=O) groups excluding carboxylic acids is 1. The maximum atomic E-state index is 12.7. The van der Waals surface area contributed by atoms with Crippen LogP contribution in [0.2, 0.25) is 0 Å². The largest absolute Gasteiger partial charge is 0.459 e. The molecule has 0 amide bonds. The highest BCUT2D eigenvalue weighted by Gasteiger charge is 2.62. The van der Waals surface area contributed by atoms with Crippen LogP contribution in [-0.4, -0.2) is 34.5 Å². The molecule has 4 saturated carbocycles. The molecule has 4 nitrogen and oxygen atoms in total. The van der Waals surface area contributed by atoms with E-state index in [4.69, 9.17) is 4.74 Å². The van der Waals surface area contributed by atoms with Gasteiger partial charge in [-0.05, 0) is 129 Å². The molecule has 212 valence electrons. The number of aliphatic hydroxyl groups is 2. The Morgan fingerprint density at radius 2 is 1.61 bits per heavy atom. The van der Waals surface area contributed by atoms with Crippen LogP contribution >= 0.6 is 0 Å². The number of aliphatic hydroxyl groups excluding tert-OH is 2. The van der Waals surface area contributed by atoms with Crippen molar-refractivity contribution in [2.24, 2.45) is 52.3 Å². The molecule has 0 spiro atoms. The van der Waals surface area contributed by atoms with E-state index >= 15 is 0 Å². The summed E-state index contributed by atoms with van der Waals surface area (Å²) in [6.45, 7) is 11.8. The van der Waals surface area contributed by atoms with Crippen LogP contribution in [-0.2, 0) is 4.74 Å². The number of hydrogen-bond acceptors (Lipinski definition) is 4. The molecule has 0 aromatic heterocycles. The second kappa shape index (κ2) is 10.9. The van der Waals surface area contributed by atoms with E-state index in [9.17, 15) is 15.0 Å². The molecule has 0 aliphatic heterocycles. The van der Waals surface area contributed by atoms with E-state index in [2.05, 4.69) is 34.6 Å². The Kier molecular flexibility index (Phi) is 8.06. The molecule has 1 aromatic carbocycles. The molecule has 0 radical (unpaired) electrons. The fourth-order valence-corrected chi connectivity index (χ4v) is 10.1. The van der Waals surface area contributed by atoms with Crippen LogP contribution in [0.5, 0.6) is 0 Å². The minimum atomic E-state index is -0.218. The summed E-state index contributed by atoms with van der Waals surface area (Å²) in [5, 5.41) is 21.9. The van der Waals surface area contributed by atoms with E-state index < -0.39 is 0 Å². The fourth-order valence-electron chi connectivity index (χ4n) is 10.1. The van der Waals surface area contributed by atoms with Crippen LogP contribution in [0.15, 0.2) is 30.3 Å². The fraction of sp³-hybridized carbons (Fsp3) is 0.794. The van der Waals surface area contributed by atoms with Gasteiger partial charge in [-0.1, -0.05) is 52.8 Å². The van der Waals surface area contributed by atoms with Crippen LogP contribution in [0.3, 0.4) is 0 Å². The van der Waals surface area contributed by atoms with Crippen molar-refractivity contribution in [2.45, 2.75) is 117 Å². The minimum Gasteiger partial charge on any atom is -0.459 e. The lowest BCUT2D eigenvalue weighted by molar-refractivity contribution is -0.174. The van der Waals surface area contributed by atoms with E-state index in [0.29, 0.717) is 41.1 Å². The van der Waals surface area contributed by atoms with Crippen LogP contribution in [0.4, 0.5) is 0 Å². The summed E-state index contributed by atoms with van der Waals surface area (Å²) in [6.07, 6.45) is 10.3. The number of ether oxygens (including phenoxy) is 1. The third kappa shape index (κ3) is 4.98. The zero-order valence-electron chi connectivity index (χ0n) is 24.4. The summed E-state index contributed by atoms with van der Waals surface area (Å²) in [5.74, 6) is 3.40. The Hall–Kier alpha value is -1.39. The van der Waals surface area contributed by atoms with Gasteiger partial charge in [-0.15, -0.1) is 0 Å². The van der Waals surface area contributed by atoms with Gasteiger partial charge in [0.15, 0.2) is 0 Å². The molecule has 4 aliphatic carbocycles. The first-order chi connectivity index (χ1) is 18.0. The number of esters is 1. The summed E-state index contributed by atoms with van der Waals surface area (Å²) in [6, 6.07) is 9.35. The second-order valence-electron chi connectivity index (χ2n) is 14.6. The number of rotatable bonds is 7. The van der Waals surface area contributed by atoms with Crippen molar-refractivity contribution in [3.05, 3.63) is 35.9 Å². The Morgan fingerprint density at radius 1 is 0.921 bits per heavy atom. The lowest BCUT2D eigenvalue weighted by atomic mass is 9.43. The molecule has 0 bridgehead atoms. The maximum absolute atomic E-state index is 12.7. The number of carbonyl (C=O) groups is 1. The molecule has 4 aliphatic rings. The molecule has 4 heteroatoms. The average Bonchev–Trinajstić information content (AvgIpc) is 3.24. The predicted octanol–water partition coefficient (Wildman–Crippen LogP) is 7.27. The number of benzene rings is 1. The molecule has 38 heavy (non-hydrogen) atoms. The van der Waals surface area contributed by atoms with Gasteiger partial charge in [0.25, 0.3) is 0 Å². The maximum Gasteiger partial charge on any atom is 0.338 e. The number of hydrogen-bond donors (Lipinski definition) is 2. The quantitative estimate of drug-likeness (QED) is 0.368. The summed E-state index contributed by atoms with van der Waals surface area (Å²) >= 11 is 0. The molecule has 0 heterocycles. The second-order valence-corrected chi connectivity index (χ2v) is 14.6. The van der Waals surface area contributed by atoms with Gasteiger partial charge in [0.1, 0.15) is 6.10 Å². The van der Waals surface area contributed by atoms with E-state index in [1.807, 2.05) is 30.3 Å². The summed E-state index contributed by atoms with van der Waals surface area (Å²) < 4.78 is 6.01. The summed E-state index contributed by atoms with van der Waals surface area (Å²) in [7, 11) is 0. The van der Waals surface area contributed by atoms with Crippen molar-refractivity contribution in [2.75, 3.05) is 0 Å².